The predicted octanol–water partition coefficient (Wildman–Crippen LogP) is 3.22. The number of carboxylic acids is 1. The molecule has 0 saturated carbocycles. The van der Waals surface area contributed by atoms with Crippen LogP contribution in [0.2, 0.25) is 0 Å². The first kappa shape index (κ1) is 14.4. The van der Waals surface area contributed by atoms with Gasteiger partial charge in [0.25, 0.3) is 0 Å². The molecule has 0 atom stereocenters. The average molecular weight is 297 g/mol. The van der Waals surface area contributed by atoms with E-state index < -0.39 is 5.97 Å². The number of ether oxygens (including phenoxy) is 1. The topological polar surface area (TPSA) is 49.8 Å². The van der Waals surface area contributed by atoms with E-state index in [0.29, 0.717) is 12.2 Å². The third-order valence-corrected chi connectivity index (χ3v) is 3.95. The molecule has 0 radical (unpaired) electrons. The lowest BCUT2D eigenvalue weighted by Crippen LogP contribution is -2.33. The lowest BCUT2D eigenvalue weighted by Gasteiger charge is -2.32. The van der Waals surface area contributed by atoms with Gasteiger partial charge in [0.1, 0.15) is 12.4 Å². The van der Waals surface area contributed by atoms with Crippen molar-refractivity contribution in [2.75, 3.05) is 24.6 Å². The highest BCUT2D eigenvalue weighted by Gasteiger charge is 2.21. The second-order valence-electron chi connectivity index (χ2n) is 5.36. The van der Waals surface area contributed by atoms with E-state index in [1.165, 1.54) is 0 Å². The third kappa shape index (κ3) is 3.06. The molecule has 114 valence electrons. The van der Waals surface area contributed by atoms with Crippen LogP contribution in [0.15, 0.2) is 48.5 Å². The summed E-state index contributed by atoms with van der Waals surface area (Å²) < 4.78 is 5.74. The van der Waals surface area contributed by atoms with E-state index >= 15 is 0 Å². The monoisotopic (exact) mass is 297 g/mol. The van der Waals surface area contributed by atoms with Gasteiger partial charge in [0, 0.05) is 12.2 Å². The third-order valence-electron chi connectivity index (χ3n) is 3.95. The molecule has 0 aliphatic carbocycles. The summed E-state index contributed by atoms with van der Waals surface area (Å²) in [5.74, 6) is 0.0123. The molecule has 1 aliphatic heterocycles. The Hall–Kier alpha value is -2.49. The second-order valence-corrected chi connectivity index (χ2v) is 5.36. The molecule has 0 unspecified atom stereocenters. The molecule has 0 spiro atoms. The molecule has 2 aromatic carbocycles. The van der Waals surface area contributed by atoms with Crippen LogP contribution in [0.4, 0.5) is 5.69 Å². The number of anilines is 1. The van der Waals surface area contributed by atoms with E-state index in [1.807, 2.05) is 42.5 Å². The highest BCUT2D eigenvalue weighted by molar-refractivity contribution is 5.91. The summed E-state index contributed by atoms with van der Waals surface area (Å²) in [6.07, 6.45) is 1.80. The predicted molar refractivity (Wildman–Crippen MR) is 85.9 cm³/mol. The van der Waals surface area contributed by atoms with Crippen LogP contribution in [0.25, 0.3) is 0 Å². The molecule has 2 aromatic rings. The number of hydrogen-bond donors (Lipinski definition) is 1. The van der Waals surface area contributed by atoms with Gasteiger partial charge in [-0.05, 0) is 42.7 Å². The van der Waals surface area contributed by atoms with Crippen molar-refractivity contribution in [1.29, 1.82) is 0 Å². The summed E-state index contributed by atoms with van der Waals surface area (Å²) in [7, 11) is 0. The molecule has 1 N–H and O–H groups in total. The molecule has 1 aliphatic rings. The lowest BCUT2D eigenvalue weighted by atomic mass is 9.96. The first-order valence-electron chi connectivity index (χ1n) is 7.53. The highest BCUT2D eigenvalue weighted by atomic mass is 16.5. The molecule has 4 nitrogen and oxygen atoms in total. The van der Waals surface area contributed by atoms with Crippen LogP contribution in [0.1, 0.15) is 22.3 Å². The van der Waals surface area contributed by atoms with Crippen molar-refractivity contribution < 1.29 is 14.6 Å². The summed E-state index contributed by atoms with van der Waals surface area (Å²) in [6, 6.07) is 15.2. The van der Waals surface area contributed by atoms with Gasteiger partial charge in [0.05, 0.1) is 12.1 Å². The lowest BCUT2D eigenvalue weighted by molar-refractivity contribution is 0.0695. The molecular weight excluding hydrogens is 278 g/mol. The summed E-state index contributed by atoms with van der Waals surface area (Å²) >= 11 is 0. The van der Waals surface area contributed by atoms with Crippen LogP contribution >= 0.6 is 0 Å². The first-order valence-corrected chi connectivity index (χ1v) is 7.53. The maximum atomic E-state index is 11.3. The SMILES string of the molecule is O=C(O)c1cccc2c1CCCN2CCOc1ccccc1. The van der Waals surface area contributed by atoms with Crippen molar-refractivity contribution in [2.24, 2.45) is 0 Å². The standard InChI is InChI=1S/C18H19NO3/c20-18(21)16-8-4-10-17-15(16)9-5-11-19(17)12-13-22-14-6-2-1-3-7-14/h1-4,6-8,10H,5,9,11-13H2,(H,20,21). The summed E-state index contributed by atoms with van der Waals surface area (Å²) in [6.45, 7) is 2.28. The van der Waals surface area contributed by atoms with Crippen molar-refractivity contribution in [3.63, 3.8) is 0 Å². The Morgan fingerprint density at radius 3 is 2.73 bits per heavy atom. The Bertz CT molecular complexity index is 655. The van der Waals surface area contributed by atoms with Gasteiger partial charge in [-0.2, -0.15) is 0 Å². The Morgan fingerprint density at radius 2 is 1.95 bits per heavy atom. The minimum absolute atomic E-state index is 0.422. The maximum absolute atomic E-state index is 11.3. The number of nitrogens with zero attached hydrogens (tertiary/aromatic N) is 1. The summed E-state index contributed by atoms with van der Waals surface area (Å²) in [5.41, 5.74) is 2.40. The zero-order chi connectivity index (χ0) is 15.4. The summed E-state index contributed by atoms with van der Waals surface area (Å²) in [5, 5.41) is 9.31. The normalized spacial score (nSPS) is 13.5. The van der Waals surface area contributed by atoms with Gasteiger partial charge in [0.15, 0.2) is 0 Å². The van der Waals surface area contributed by atoms with E-state index in [0.717, 1.165) is 42.9 Å². The minimum atomic E-state index is -0.848. The zero-order valence-electron chi connectivity index (χ0n) is 12.4. The van der Waals surface area contributed by atoms with Crippen molar-refractivity contribution in [3.8, 4) is 5.75 Å². The van der Waals surface area contributed by atoms with Gasteiger partial charge in [-0.3, -0.25) is 0 Å². The molecule has 0 aromatic heterocycles. The summed E-state index contributed by atoms with van der Waals surface area (Å²) in [4.78, 5) is 13.6. The highest BCUT2D eigenvalue weighted by Crippen LogP contribution is 2.29. The molecule has 22 heavy (non-hydrogen) atoms. The Balaban J connectivity index is 1.70. The smallest absolute Gasteiger partial charge is 0.336 e. The number of para-hydroxylation sites is 1. The van der Waals surface area contributed by atoms with E-state index in [9.17, 15) is 9.90 Å². The fourth-order valence-electron chi connectivity index (χ4n) is 2.92. The number of rotatable bonds is 5. The number of carboxylic acid groups (broad SMARTS) is 1. The Labute approximate surface area is 130 Å². The van der Waals surface area contributed by atoms with Crippen LogP contribution < -0.4 is 9.64 Å². The molecule has 1 heterocycles. The average Bonchev–Trinajstić information content (AvgIpc) is 2.55. The van der Waals surface area contributed by atoms with Crippen molar-refractivity contribution in [1.82, 2.24) is 0 Å². The molecule has 0 amide bonds. The van der Waals surface area contributed by atoms with Crippen LogP contribution in [0.5, 0.6) is 5.75 Å². The molecular formula is C18H19NO3. The van der Waals surface area contributed by atoms with Crippen LogP contribution in [0, 0.1) is 0 Å². The molecule has 3 rings (SSSR count). The van der Waals surface area contributed by atoms with Crippen LogP contribution in [-0.2, 0) is 6.42 Å². The minimum Gasteiger partial charge on any atom is -0.492 e. The van der Waals surface area contributed by atoms with Gasteiger partial charge in [-0.1, -0.05) is 24.3 Å². The van der Waals surface area contributed by atoms with Crippen molar-refractivity contribution >= 4 is 11.7 Å². The fourth-order valence-corrected chi connectivity index (χ4v) is 2.92. The van der Waals surface area contributed by atoms with E-state index in [2.05, 4.69) is 4.90 Å². The van der Waals surface area contributed by atoms with E-state index in [4.69, 9.17) is 4.74 Å². The number of aromatic carboxylic acids is 1. The van der Waals surface area contributed by atoms with Crippen LogP contribution in [0.3, 0.4) is 0 Å². The van der Waals surface area contributed by atoms with Gasteiger partial charge >= 0.3 is 5.97 Å². The zero-order valence-corrected chi connectivity index (χ0v) is 12.4. The van der Waals surface area contributed by atoms with Gasteiger partial charge in [-0.15, -0.1) is 0 Å². The first-order chi connectivity index (χ1) is 10.8. The van der Waals surface area contributed by atoms with E-state index in [1.54, 1.807) is 6.07 Å². The van der Waals surface area contributed by atoms with Crippen molar-refractivity contribution in [2.45, 2.75) is 12.8 Å². The molecule has 0 bridgehead atoms. The largest absolute Gasteiger partial charge is 0.492 e. The van der Waals surface area contributed by atoms with Gasteiger partial charge < -0.3 is 14.7 Å². The Kier molecular flexibility index (Phi) is 4.28. The number of hydrogen-bond acceptors (Lipinski definition) is 3. The number of fused-ring (bicyclic) bond motifs is 1. The van der Waals surface area contributed by atoms with E-state index in [-0.39, 0.29) is 0 Å². The maximum Gasteiger partial charge on any atom is 0.336 e. The molecule has 4 heteroatoms. The molecule has 0 saturated heterocycles. The van der Waals surface area contributed by atoms with Crippen LogP contribution in [-0.4, -0.2) is 30.8 Å². The fraction of sp³-hybridized carbons (Fsp3) is 0.278. The Morgan fingerprint density at radius 1 is 1.14 bits per heavy atom. The molecule has 0 fully saturated rings. The number of benzene rings is 2. The quantitative estimate of drug-likeness (QED) is 0.920. The number of carbonyl (C=O) groups is 1. The van der Waals surface area contributed by atoms with Crippen molar-refractivity contribution in [3.05, 3.63) is 59.7 Å². The van der Waals surface area contributed by atoms with Gasteiger partial charge in [-0.25, -0.2) is 4.79 Å². The van der Waals surface area contributed by atoms with Gasteiger partial charge in [0.2, 0.25) is 0 Å². The second kappa shape index (κ2) is 6.52.